The number of aromatic nitrogens is 4. The number of ether oxygens (including phenoxy) is 2. The molecule has 134 valence electrons. The van der Waals surface area contributed by atoms with E-state index < -0.39 is 0 Å². The maximum absolute atomic E-state index is 5.49. The molecule has 1 N–H and O–H groups in total. The van der Waals surface area contributed by atoms with Gasteiger partial charge in [-0.15, -0.1) is 0 Å². The summed E-state index contributed by atoms with van der Waals surface area (Å²) < 4.78 is 13.5. The van der Waals surface area contributed by atoms with E-state index in [1.54, 1.807) is 16.9 Å². The molecule has 27 heavy (non-hydrogen) atoms. The minimum absolute atomic E-state index is 0.247. The highest BCUT2D eigenvalue weighted by Crippen LogP contribution is 2.36. The van der Waals surface area contributed by atoms with E-state index in [-0.39, 0.29) is 6.79 Å². The van der Waals surface area contributed by atoms with E-state index in [9.17, 15) is 0 Å². The Balaban J connectivity index is 1.56. The maximum atomic E-state index is 5.49. The van der Waals surface area contributed by atoms with Crippen LogP contribution < -0.4 is 14.8 Å². The largest absolute Gasteiger partial charge is 0.454 e. The van der Waals surface area contributed by atoms with Crippen molar-refractivity contribution in [1.29, 1.82) is 0 Å². The zero-order valence-electron chi connectivity index (χ0n) is 14.1. The van der Waals surface area contributed by atoms with Gasteiger partial charge >= 0.3 is 0 Å². The number of fused-ring (bicyclic) bond motifs is 2. The van der Waals surface area contributed by atoms with E-state index in [0.29, 0.717) is 6.54 Å². The number of rotatable bonds is 4. The van der Waals surface area contributed by atoms with Crippen LogP contribution in [0.25, 0.3) is 16.9 Å². The lowest BCUT2D eigenvalue weighted by atomic mass is 10.1. The number of pyridine rings is 1. The average Bonchev–Trinajstić information content (AvgIpc) is 3.33. The molecular formula is C19H14BrN5O2. The Morgan fingerprint density at radius 3 is 2.93 bits per heavy atom. The first-order chi connectivity index (χ1) is 13.3. The predicted molar refractivity (Wildman–Crippen MR) is 104 cm³/mol. The van der Waals surface area contributed by atoms with Crippen molar-refractivity contribution in [1.82, 2.24) is 19.6 Å². The Kier molecular flexibility index (Phi) is 3.90. The van der Waals surface area contributed by atoms with Crippen LogP contribution >= 0.6 is 15.9 Å². The molecule has 0 atom stereocenters. The number of anilines is 1. The summed E-state index contributed by atoms with van der Waals surface area (Å²) in [4.78, 5) is 8.90. The minimum Gasteiger partial charge on any atom is -0.454 e. The fourth-order valence-electron chi connectivity index (χ4n) is 2.96. The zero-order chi connectivity index (χ0) is 18.2. The van der Waals surface area contributed by atoms with Crippen LogP contribution in [0.2, 0.25) is 0 Å². The van der Waals surface area contributed by atoms with Gasteiger partial charge in [-0.05, 0) is 45.8 Å². The van der Waals surface area contributed by atoms with Crippen LogP contribution in [-0.2, 0) is 6.54 Å². The lowest BCUT2D eigenvalue weighted by Gasteiger charge is -2.11. The first-order valence-corrected chi connectivity index (χ1v) is 9.14. The molecule has 0 amide bonds. The molecule has 1 aromatic carbocycles. The van der Waals surface area contributed by atoms with Gasteiger partial charge in [0.05, 0.1) is 16.4 Å². The molecule has 1 aliphatic heterocycles. The van der Waals surface area contributed by atoms with Gasteiger partial charge in [0.1, 0.15) is 5.82 Å². The molecule has 7 nitrogen and oxygen atoms in total. The maximum Gasteiger partial charge on any atom is 0.231 e. The fraction of sp³-hybridized carbons (Fsp3) is 0.105. The summed E-state index contributed by atoms with van der Waals surface area (Å²) in [7, 11) is 0. The third kappa shape index (κ3) is 2.97. The fourth-order valence-corrected chi connectivity index (χ4v) is 3.31. The number of benzene rings is 1. The molecule has 8 heteroatoms. The van der Waals surface area contributed by atoms with Crippen LogP contribution in [-0.4, -0.2) is 26.4 Å². The van der Waals surface area contributed by atoms with Crippen LogP contribution in [0.1, 0.15) is 5.56 Å². The van der Waals surface area contributed by atoms with Crippen molar-refractivity contribution in [2.24, 2.45) is 0 Å². The number of nitrogens with zero attached hydrogens (tertiary/aromatic N) is 4. The van der Waals surface area contributed by atoms with E-state index in [4.69, 9.17) is 14.5 Å². The SMILES string of the molecule is Brc1cnn2c(NCc3cccnc3)cc(-c3ccc4c(c3)OCO4)nc12. The van der Waals surface area contributed by atoms with E-state index in [2.05, 4.69) is 31.3 Å². The highest BCUT2D eigenvalue weighted by atomic mass is 79.9. The monoisotopic (exact) mass is 423 g/mol. The molecule has 0 spiro atoms. The average molecular weight is 424 g/mol. The molecule has 0 radical (unpaired) electrons. The summed E-state index contributed by atoms with van der Waals surface area (Å²) >= 11 is 3.53. The summed E-state index contributed by atoms with van der Waals surface area (Å²) in [5.41, 5.74) is 3.58. The molecular weight excluding hydrogens is 410 g/mol. The summed E-state index contributed by atoms with van der Waals surface area (Å²) in [6.45, 7) is 0.877. The minimum atomic E-state index is 0.247. The van der Waals surface area contributed by atoms with Crippen molar-refractivity contribution in [3.05, 3.63) is 65.0 Å². The van der Waals surface area contributed by atoms with Gasteiger partial charge in [0.2, 0.25) is 6.79 Å². The Morgan fingerprint density at radius 1 is 1.11 bits per heavy atom. The summed E-state index contributed by atoms with van der Waals surface area (Å²) in [5, 5.41) is 7.83. The van der Waals surface area contributed by atoms with Crippen molar-refractivity contribution in [3.8, 4) is 22.8 Å². The van der Waals surface area contributed by atoms with Gasteiger partial charge in [-0.3, -0.25) is 4.98 Å². The second kappa shape index (κ2) is 6.55. The van der Waals surface area contributed by atoms with E-state index in [1.807, 2.05) is 42.6 Å². The zero-order valence-corrected chi connectivity index (χ0v) is 15.7. The lowest BCUT2D eigenvalue weighted by Crippen LogP contribution is -2.07. The normalized spacial score (nSPS) is 12.5. The Morgan fingerprint density at radius 2 is 2.04 bits per heavy atom. The Labute approximate surface area is 163 Å². The number of hydrogen-bond donors (Lipinski definition) is 1. The van der Waals surface area contributed by atoms with Crippen LogP contribution in [0.5, 0.6) is 11.5 Å². The van der Waals surface area contributed by atoms with Gasteiger partial charge in [-0.25, -0.2) is 4.98 Å². The van der Waals surface area contributed by atoms with Crippen molar-refractivity contribution in [2.45, 2.75) is 6.54 Å². The number of nitrogens with one attached hydrogen (secondary N) is 1. The molecule has 0 bridgehead atoms. The summed E-state index contributed by atoms with van der Waals surface area (Å²) in [6.07, 6.45) is 5.33. The summed E-state index contributed by atoms with van der Waals surface area (Å²) in [5.74, 6) is 2.31. The van der Waals surface area contributed by atoms with E-state index >= 15 is 0 Å². The topological polar surface area (TPSA) is 73.6 Å². The number of halogens is 1. The Hall–Kier alpha value is -3.13. The molecule has 4 heterocycles. The van der Waals surface area contributed by atoms with Gasteiger partial charge < -0.3 is 14.8 Å². The molecule has 0 fully saturated rings. The van der Waals surface area contributed by atoms with Gasteiger partial charge in [0.15, 0.2) is 17.1 Å². The molecule has 0 aliphatic carbocycles. The van der Waals surface area contributed by atoms with Gasteiger partial charge in [0.25, 0.3) is 0 Å². The van der Waals surface area contributed by atoms with Crippen LogP contribution in [0.3, 0.4) is 0 Å². The van der Waals surface area contributed by atoms with E-state index in [1.165, 1.54) is 0 Å². The quantitative estimate of drug-likeness (QED) is 0.536. The standard InChI is InChI=1S/C19H14BrN5O2/c20-14-10-23-25-18(22-9-12-2-1-5-21-8-12)7-15(24-19(14)25)13-3-4-16-17(6-13)27-11-26-16/h1-8,10,22H,9,11H2. The molecule has 3 aromatic heterocycles. The van der Waals surface area contributed by atoms with E-state index in [0.717, 1.165) is 44.3 Å². The van der Waals surface area contributed by atoms with Crippen molar-refractivity contribution in [3.63, 3.8) is 0 Å². The van der Waals surface area contributed by atoms with Gasteiger partial charge in [-0.1, -0.05) is 6.07 Å². The molecule has 0 unspecified atom stereocenters. The highest BCUT2D eigenvalue weighted by molar-refractivity contribution is 9.10. The molecule has 1 aliphatic rings. The molecule has 5 rings (SSSR count). The van der Waals surface area contributed by atoms with Crippen molar-refractivity contribution >= 4 is 27.4 Å². The predicted octanol–water partition coefficient (Wildman–Crippen LogP) is 3.89. The second-order valence-corrected chi connectivity index (χ2v) is 6.89. The Bertz CT molecular complexity index is 1130. The third-order valence-electron chi connectivity index (χ3n) is 4.29. The summed E-state index contributed by atoms with van der Waals surface area (Å²) in [6, 6.07) is 11.7. The first-order valence-electron chi connectivity index (χ1n) is 8.35. The van der Waals surface area contributed by atoms with Crippen LogP contribution in [0.4, 0.5) is 5.82 Å². The lowest BCUT2D eigenvalue weighted by molar-refractivity contribution is 0.174. The van der Waals surface area contributed by atoms with Crippen LogP contribution in [0.15, 0.2) is 59.5 Å². The number of hydrogen-bond acceptors (Lipinski definition) is 6. The van der Waals surface area contributed by atoms with Crippen LogP contribution in [0, 0.1) is 0 Å². The van der Waals surface area contributed by atoms with Gasteiger partial charge in [-0.2, -0.15) is 9.61 Å². The molecule has 0 saturated carbocycles. The first kappa shape index (κ1) is 16.1. The second-order valence-electron chi connectivity index (χ2n) is 6.04. The third-order valence-corrected chi connectivity index (χ3v) is 4.85. The van der Waals surface area contributed by atoms with Crippen molar-refractivity contribution < 1.29 is 9.47 Å². The molecule has 0 saturated heterocycles. The molecule has 4 aromatic rings. The highest BCUT2D eigenvalue weighted by Gasteiger charge is 2.16. The van der Waals surface area contributed by atoms with Crippen molar-refractivity contribution in [2.75, 3.05) is 12.1 Å². The van der Waals surface area contributed by atoms with Gasteiger partial charge in [0, 0.05) is 30.6 Å². The smallest absolute Gasteiger partial charge is 0.231 e.